The van der Waals surface area contributed by atoms with Crippen LogP contribution >= 0.6 is 0 Å². The maximum absolute atomic E-state index is 14.3. The molecule has 0 fully saturated rings. The zero-order valence-corrected chi connectivity index (χ0v) is 21.9. The first-order valence-electron chi connectivity index (χ1n) is 12.9. The van der Waals surface area contributed by atoms with Crippen LogP contribution in [0.4, 0.5) is 4.39 Å². The average Bonchev–Trinajstić information content (AvgIpc) is 3.64. The molecule has 0 saturated heterocycles. The van der Waals surface area contributed by atoms with Gasteiger partial charge in [-0.15, -0.1) is 0 Å². The zero-order chi connectivity index (χ0) is 27.8. The number of aromatic nitrogens is 6. The number of nitrogens with zero attached hydrogens (tertiary/aromatic N) is 4. The van der Waals surface area contributed by atoms with Gasteiger partial charge in [-0.05, 0) is 59.2 Å². The van der Waals surface area contributed by atoms with Crippen LogP contribution in [0.1, 0.15) is 5.56 Å². The Balaban J connectivity index is 1.24. The third-order valence-electron chi connectivity index (χ3n) is 6.87. The predicted octanol–water partition coefficient (Wildman–Crippen LogP) is 6.96. The van der Waals surface area contributed by atoms with Crippen molar-refractivity contribution in [2.45, 2.75) is 6.61 Å². The van der Waals surface area contributed by atoms with Gasteiger partial charge in [0.25, 0.3) is 0 Å². The van der Waals surface area contributed by atoms with Crippen molar-refractivity contribution in [1.29, 1.82) is 0 Å². The summed E-state index contributed by atoms with van der Waals surface area (Å²) in [6.45, 7) is 0.448. The summed E-state index contributed by atoms with van der Waals surface area (Å²) in [6, 6.07) is 24.2. The number of hydrogen-bond acceptors (Lipinski definition) is 6. The second-order valence-corrected chi connectivity index (χ2v) is 9.53. The number of pyridine rings is 3. The molecule has 0 atom stereocenters. The van der Waals surface area contributed by atoms with Crippen molar-refractivity contribution in [1.82, 2.24) is 30.1 Å². The SMILES string of the molecule is COc1cc(F)cc(-c2ccnc3[nH]c(-c4n[nH]c5ccc(-c6cncc(OCc7ccccc7)c6)nc45)cc23)c1. The molecule has 7 aromatic rings. The Bertz CT molecular complexity index is 2020. The van der Waals surface area contributed by atoms with Crippen LogP contribution in [0.2, 0.25) is 0 Å². The molecule has 8 nitrogen and oxygen atoms in total. The Kier molecular flexibility index (Phi) is 6.09. The first-order chi connectivity index (χ1) is 20.1. The Morgan fingerprint density at radius 3 is 2.63 bits per heavy atom. The van der Waals surface area contributed by atoms with E-state index < -0.39 is 0 Å². The van der Waals surface area contributed by atoms with Crippen molar-refractivity contribution in [2.24, 2.45) is 0 Å². The van der Waals surface area contributed by atoms with Gasteiger partial charge in [-0.3, -0.25) is 10.1 Å². The number of rotatable bonds is 7. The van der Waals surface area contributed by atoms with E-state index in [2.05, 4.69) is 25.1 Å². The molecular formula is C32H23FN6O2. The zero-order valence-electron chi connectivity index (χ0n) is 21.9. The summed E-state index contributed by atoms with van der Waals surface area (Å²) in [4.78, 5) is 17.1. The number of methoxy groups -OCH3 is 1. The number of fused-ring (bicyclic) bond motifs is 2. The summed E-state index contributed by atoms with van der Waals surface area (Å²) in [7, 11) is 1.52. The first kappa shape index (κ1) is 24.5. The van der Waals surface area contributed by atoms with Crippen molar-refractivity contribution in [2.75, 3.05) is 7.11 Å². The van der Waals surface area contributed by atoms with Crippen LogP contribution in [0.25, 0.3) is 55.8 Å². The Labute approximate surface area is 233 Å². The van der Waals surface area contributed by atoms with E-state index in [1.807, 2.05) is 60.7 Å². The standard InChI is InChI=1S/C32H23FN6O2/c1-40-23-12-20(11-22(33)14-23)25-9-10-35-32-26(25)15-29(37-32)31-30-28(38-39-31)8-7-27(36-30)21-13-24(17-34-16-21)41-18-19-5-3-2-4-6-19/h2-17H,18H2,1H3,(H,35,37)(H,38,39). The summed E-state index contributed by atoms with van der Waals surface area (Å²) in [5, 5.41) is 8.45. The van der Waals surface area contributed by atoms with Crippen molar-refractivity contribution in [3.8, 4) is 45.3 Å². The van der Waals surface area contributed by atoms with E-state index in [1.54, 1.807) is 24.7 Å². The van der Waals surface area contributed by atoms with E-state index in [9.17, 15) is 4.39 Å². The minimum atomic E-state index is -0.376. The van der Waals surface area contributed by atoms with E-state index in [0.29, 0.717) is 40.5 Å². The molecule has 2 aromatic carbocycles. The van der Waals surface area contributed by atoms with E-state index >= 15 is 0 Å². The van der Waals surface area contributed by atoms with E-state index in [4.69, 9.17) is 14.5 Å². The highest BCUT2D eigenvalue weighted by Crippen LogP contribution is 2.35. The molecule has 200 valence electrons. The fraction of sp³-hybridized carbons (Fsp3) is 0.0625. The molecule has 0 aliphatic heterocycles. The average molecular weight is 543 g/mol. The quantitative estimate of drug-likeness (QED) is 0.226. The maximum atomic E-state index is 14.3. The molecule has 0 spiro atoms. The fourth-order valence-electron chi connectivity index (χ4n) is 4.87. The summed E-state index contributed by atoms with van der Waals surface area (Å²) in [6.07, 6.45) is 5.14. The van der Waals surface area contributed by atoms with Gasteiger partial charge in [-0.25, -0.2) is 14.4 Å². The lowest BCUT2D eigenvalue weighted by molar-refractivity contribution is 0.305. The molecule has 0 amide bonds. The highest BCUT2D eigenvalue weighted by molar-refractivity contribution is 5.99. The lowest BCUT2D eigenvalue weighted by atomic mass is 10.0. The van der Waals surface area contributed by atoms with Gasteiger partial charge in [0.05, 0.1) is 30.2 Å². The minimum absolute atomic E-state index is 0.376. The predicted molar refractivity (Wildman–Crippen MR) is 155 cm³/mol. The van der Waals surface area contributed by atoms with Gasteiger partial charge >= 0.3 is 0 Å². The van der Waals surface area contributed by atoms with E-state index in [-0.39, 0.29) is 5.82 Å². The third-order valence-corrected chi connectivity index (χ3v) is 6.87. The second-order valence-electron chi connectivity index (χ2n) is 9.53. The van der Waals surface area contributed by atoms with Crippen LogP contribution in [0.5, 0.6) is 11.5 Å². The van der Waals surface area contributed by atoms with Crippen molar-refractivity contribution in [3.05, 3.63) is 109 Å². The van der Waals surface area contributed by atoms with E-state index in [0.717, 1.165) is 39.0 Å². The number of aromatic amines is 2. The van der Waals surface area contributed by atoms with Crippen molar-refractivity contribution >= 4 is 22.1 Å². The van der Waals surface area contributed by atoms with Crippen LogP contribution in [0, 0.1) is 5.82 Å². The molecule has 2 N–H and O–H groups in total. The number of ether oxygens (including phenoxy) is 2. The van der Waals surface area contributed by atoms with Gasteiger partial charge in [-0.1, -0.05) is 30.3 Å². The van der Waals surface area contributed by atoms with Crippen LogP contribution in [0.15, 0.2) is 97.5 Å². The van der Waals surface area contributed by atoms with Crippen LogP contribution in [-0.2, 0) is 6.61 Å². The molecule has 9 heteroatoms. The Morgan fingerprint density at radius 1 is 0.878 bits per heavy atom. The summed E-state index contributed by atoms with van der Waals surface area (Å²) >= 11 is 0. The molecule has 0 aliphatic carbocycles. The smallest absolute Gasteiger partial charge is 0.138 e. The Hall–Kier alpha value is -5.57. The maximum Gasteiger partial charge on any atom is 0.138 e. The molecule has 0 radical (unpaired) electrons. The van der Waals surface area contributed by atoms with Gasteiger partial charge in [-0.2, -0.15) is 5.10 Å². The summed E-state index contributed by atoms with van der Waals surface area (Å²) < 4.78 is 25.5. The topological polar surface area (TPSA) is 102 Å². The fourth-order valence-corrected chi connectivity index (χ4v) is 4.87. The summed E-state index contributed by atoms with van der Waals surface area (Å²) in [5.74, 6) is 0.725. The van der Waals surface area contributed by atoms with Crippen LogP contribution < -0.4 is 9.47 Å². The summed E-state index contributed by atoms with van der Waals surface area (Å²) in [5.41, 5.74) is 7.66. The molecule has 7 rings (SSSR count). The second kappa shape index (κ2) is 10.2. The highest BCUT2D eigenvalue weighted by atomic mass is 19.1. The largest absolute Gasteiger partial charge is 0.497 e. The van der Waals surface area contributed by atoms with Crippen molar-refractivity contribution in [3.63, 3.8) is 0 Å². The van der Waals surface area contributed by atoms with Gasteiger partial charge in [0.1, 0.15) is 40.8 Å². The third kappa shape index (κ3) is 4.74. The first-order valence-corrected chi connectivity index (χ1v) is 12.9. The number of benzene rings is 2. The van der Waals surface area contributed by atoms with Crippen LogP contribution in [-0.4, -0.2) is 37.2 Å². The van der Waals surface area contributed by atoms with Gasteiger partial charge in [0.15, 0.2) is 0 Å². The number of H-pyrrole nitrogens is 2. The molecule has 0 aliphatic rings. The van der Waals surface area contributed by atoms with Crippen molar-refractivity contribution < 1.29 is 13.9 Å². The molecule has 41 heavy (non-hydrogen) atoms. The molecule has 0 unspecified atom stereocenters. The van der Waals surface area contributed by atoms with Gasteiger partial charge in [0, 0.05) is 29.4 Å². The molecule has 0 bridgehead atoms. The number of nitrogens with one attached hydrogen (secondary N) is 2. The van der Waals surface area contributed by atoms with E-state index in [1.165, 1.54) is 19.2 Å². The van der Waals surface area contributed by atoms with Crippen LogP contribution in [0.3, 0.4) is 0 Å². The minimum Gasteiger partial charge on any atom is -0.497 e. The molecular weight excluding hydrogens is 519 g/mol. The molecule has 0 saturated carbocycles. The lowest BCUT2D eigenvalue weighted by Crippen LogP contribution is -1.96. The molecule has 5 heterocycles. The highest BCUT2D eigenvalue weighted by Gasteiger charge is 2.17. The lowest BCUT2D eigenvalue weighted by Gasteiger charge is -2.08. The Morgan fingerprint density at radius 2 is 1.76 bits per heavy atom. The van der Waals surface area contributed by atoms with Gasteiger partial charge in [0.2, 0.25) is 0 Å². The number of halogens is 1. The molecule has 5 aromatic heterocycles. The normalized spacial score (nSPS) is 11.3. The number of hydrogen-bond donors (Lipinski definition) is 2. The van der Waals surface area contributed by atoms with Gasteiger partial charge < -0.3 is 14.5 Å². The monoisotopic (exact) mass is 542 g/mol.